The molecule has 0 aliphatic carbocycles. The van der Waals surface area contributed by atoms with Gasteiger partial charge in [-0.15, -0.1) is 0 Å². The standard InChI is InChI=1S/C17H25N3O2/c1-3-21-11-10-20-9-8-19(12-14(20)2)13-17-18-15-6-4-5-7-16(15)22-17/h4-7,14H,3,8-13H2,1-2H3/t14-/m1/s1. The molecule has 1 saturated heterocycles. The number of ether oxygens (including phenoxy) is 1. The van der Waals surface area contributed by atoms with Gasteiger partial charge in [0.05, 0.1) is 13.2 Å². The van der Waals surface area contributed by atoms with E-state index in [-0.39, 0.29) is 0 Å². The zero-order chi connectivity index (χ0) is 15.4. The van der Waals surface area contributed by atoms with Gasteiger partial charge in [-0.2, -0.15) is 0 Å². The van der Waals surface area contributed by atoms with Gasteiger partial charge < -0.3 is 9.15 Å². The summed E-state index contributed by atoms with van der Waals surface area (Å²) in [5.41, 5.74) is 1.82. The number of nitrogens with zero attached hydrogens (tertiary/aromatic N) is 3. The second-order valence-electron chi connectivity index (χ2n) is 5.89. The first-order chi connectivity index (χ1) is 10.8. The van der Waals surface area contributed by atoms with Crippen LogP contribution in [0.4, 0.5) is 0 Å². The molecule has 0 N–H and O–H groups in total. The molecule has 2 aromatic rings. The molecule has 1 atom stereocenters. The van der Waals surface area contributed by atoms with Gasteiger partial charge in [0, 0.05) is 38.8 Å². The second-order valence-corrected chi connectivity index (χ2v) is 5.89. The molecular weight excluding hydrogens is 278 g/mol. The topological polar surface area (TPSA) is 41.7 Å². The Morgan fingerprint density at radius 2 is 2.18 bits per heavy atom. The Labute approximate surface area is 131 Å². The number of para-hydroxylation sites is 2. The van der Waals surface area contributed by atoms with Crippen LogP contribution in [0.25, 0.3) is 11.1 Å². The lowest BCUT2D eigenvalue weighted by molar-refractivity contribution is 0.0439. The van der Waals surface area contributed by atoms with E-state index >= 15 is 0 Å². The number of hydrogen-bond acceptors (Lipinski definition) is 5. The normalized spacial score (nSPS) is 20.7. The van der Waals surface area contributed by atoms with Crippen molar-refractivity contribution in [3.8, 4) is 0 Å². The van der Waals surface area contributed by atoms with Gasteiger partial charge in [-0.3, -0.25) is 9.80 Å². The largest absolute Gasteiger partial charge is 0.439 e. The highest BCUT2D eigenvalue weighted by Gasteiger charge is 2.24. The third-order valence-electron chi connectivity index (χ3n) is 4.27. The maximum absolute atomic E-state index is 5.83. The lowest BCUT2D eigenvalue weighted by Crippen LogP contribution is -2.52. The van der Waals surface area contributed by atoms with Crippen LogP contribution in [0, 0.1) is 0 Å². The van der Waals surface area contributed by atoms with Gasteiger partial charge >= 0.3 is 0 Å². The van der Waals surface area contributed by atoms with Crippen LogP contribution < -0.4 is 0 Å². The fraction of sp³-hybridized carbons (Fsp3) is 0.588. The Kier molecular flexibility index (Phi) is 5.08. The van der Waals surface area contributed by atoms with Gasteiger partial charge in [0.15, 0.2) is 5.58 Å². The molecule has 1 aliphatic rings. The summed E-state index contributed by atoms with van der Waals surface area (Å²) in [6.07, 6.45) is 0. The van der Waals surface area contributed by atoms with Crippen LogP contribution in [-0.4, -0.2) is 60.2 Å². The first-order valence-electron chi connectivity index (χ1n) is 8.15. The molecule has 0 saturated carbocycles. The highest BCUT2D eigenvalue weighted by Crippen LogP contribution is 2.17. The molecule has 5 nitrogen and oxygen atoms in total. The highest BCUT2D eigenvalue weighted by atomic mass is 16.5. The zero-order valence-corrected chi connectivity index (χ0v) is 13.5. The number of rotatable bonds is 6. The predicted octanol–water partition coefficient (Wildman–Crippen LogP) is 2.37. The lowest BCUT2D eigenvalue weighted by atomic mass is 10.2. The Bertz CT molecular complexity index is 565. The number of benzene rings is 1. The average Bonchev–Trinajstić information content (AvgIpc) is 2.92. The average molecular weight is 303 g/mol. The quantitative estimate of drug-likeness (QED) is 0.766. The van der Waals surface area contributed by atoms with Crippen LogP contribution in [0.1, 0.15) is 19.7 Å². The van der Waals surface area contributed by atoms with E-state index in [9.17, 15) is 0 Å². The van der Waals surface area contributed by atoms with E-state index in [1.54, 1.807) is 0 Å². The van der Waals surface area contributed by atoms with E-state index in [1.807, 2.05) is 31.2 Å². The molecular formula is C17H25N3O2. The van der Waals surface area contributed by atoms with Crippen LogP contribution in [-0.2, 0) is 11.3 Å². The van der Waals surface area contributed by atoms with Gasteiger partial charge in [-0.05, 0) is 26.0 Å². The Balaban J connectivity index is 1.54. The minimum absolute atomic E-state index is 0.540. The summed E-state index contributed by atoms with van der Waals surface area (Å²) < 4.78 is 11.3. The Hall–Kier alpha value is -1.43. The number of oxazole rings is 1. The summed E-state index contributed by atoms with van der Waals surface area (Å²) in [5, 5.41) is 0. The van der Waals surface area contributed by atoms with Crippen LogP contribution >= 0.6 is 0 Å². The monoisotopic (exact) mass is 303 g/mol. The predicted molar refractivity (Wildman–Crippen MR) is 86.8 cm³/mol. The summed E-state index contributed by atoms with van der Waals surface area (Å²) in [7, 11) is 0. The first-order valence-corrected chi connectivity index (χ1v) is 8.15. The number of piperazine rings is 1. The molecule has 5 heteroatoms. The molecule has 0 bridgehead atoms. The molecule has 0 amide bonds. The fourth-order valence-electron chi connectivity index (χ4n) is 3.05. The van der Waals surface area contributed by atoms with Crippen molar-refractivity contribution in [3.05, 3.63) is 30.2 Å². The number of fused-ring (bicyclic) bond motifs is 1. The van der Waals surface area contributed by atoms with Crippen molar-refractivity contribution in [2.24, 2.45) is 0 Å². The van der Waals surface area contributed by atoms with Crippen molar-refractivity contribution < 1.29 is 9.15 Å². The zero-order valence-electron chi connectivity index (χ0n) is 13.5. The summed E-state index contributed by atoms with van der Waals surface area (Å²) in [6.45, 7) is 10.9. The molecule has 120 valence electrons. The van der Waals surface area contributed by atoms with E-state index in [1.165, 1.54) is 0 Å². The minimum atomic E-state index is 0.540. The molecule has 0 radical (unpaired) electrons. The van der Waals surface area contributed by atoms with Crippen molar-refractivity contribution in [2.75, 3.05) is 39.4 Å². The Morgan fingerprint density at radius 3 is 2.95 bits per heavy atom. The van der Waals surface area contributed by atoms with E-state index in [4.69, 9.17) is 9.15 Å². The molecule has 2 heterocycles. The van der Waals surface area contributed by atoms with Gasteiger partial charge in [0.2, 0.25) is 5.89 Å². The van der Waals surface area contributed by atoms with Crippen LogP contribution in [0.5, 0.6) is 0 Å². The number of aromatic nitrogens is 1. The fourth-order valence-corrected chi connectivity index (χ4v) is 3.05. The third-order valence-corrected chi connectivity index (χ3v) is 4.27. The molecule has 0 unspecified atom stereocenters. The summed E-state index contributed by atoms with van der Waals surface area (Å²) in [4.78, 5) is 9.49. The van der Waals surface area contributed by atoms with E-state index in [0.717, 1.165) is 62.9 Å². The van der Waals surface area contributed by atoms with Crippen LogP contribution in [0.2, 0.25) is 0 Å². The van der Waals surface area contributed by atoms with Crippen molar-refractivity contribution >= 4 is 11.1 Å². The van der Waals surface area contributed by atoms with E-state index in [2.05, 4.69) is 21.7 Å². The first kappa shape index (κ1) is 15.5. The van der Waals surface area contributed by atoms with E-state index < -0.39 is 0 Å². The van der Waals surface area contributed by atoms with Gasteiger partial charge in [0.1, 0.15) is 5.52 Å². The highest BCUT2D eigenvalue weighted by molar-refractivity contribution is 5.72. The smallest absolute Gasteiger partial charge is 0.209 e. The molecule has 22 heavy (non-hydrogen) atoms. The molecule has 1 fully saturated rings. The molecule has 0 spiro atoms. The third kappa shape index (κ3) is 3.66. The minimum Gasteiger partial charge on any atom is -0.439 e. The second kappa shape index (κ2) is 7.22. The maximum Gasteiger partial charge on any atom is 0.209 e. The molecule has 1 aliphatic heterocycles. The van der Waals surface area contributed by atoms with Crippen molar-refractivity contribution in [1.82, 2.24) is 14.8 Å². The van der Waals surface area contributed by atoms with E-state index in [0.29, 0.717) is 6.04 Å². The van der Waals surface area contributed by atoms with Crippen molar-refractivity contribution in [1.29, 1.82) is 0 Å². The van der Waals surface area contributed by atoms with Crippen LogP contribution in [0.15, 0.2) is 28.7 Å². The summed E-state index contributed by atoms with van der Waals surface area (Å²) in [5.74, 6) is 0.816. The molecule has 1 aromatic carbocycles. The number of hydrogen-bond donors (Lipinski definition) is 0. The van der Waals surface area contributed by atoms with Gasteiger partial charge in [-0.25, -0.2) is 4.98 Å². The van der Waals surface area contributed by atoms with Crippen molar-refractivity contribution in [2.45, 2.75) is 26.4 Å². The molecule has 3 rings (SSSR count). The molecule has 1 aromatic heterocycles. The summed E-state index contributed by atoms with van der Waals surface area (Å²) in [6, 6.07) is 8.49. The van der Waals surface area contributed by atoms with Gasteiger partial charge in [0.25, 0.3) is 0 Å². The summed E-state index contributed by atoms with van der Waals surface area (Å²) >= 11 is 0. The maximum atomic E-state index is 5.83. The lowest BCUT2D eigenvalue weighted by Gasteiger charge is -2.39. The van der Waals surface area contributed by atoms with Crippen LogP contribution in [0.3, 0.4) is 0 Å². The van der Waals surface area contributed by atoms with Crippen molar-refractivity contribution in [3.63, 3.8) is 0 Å². The van der Waals surface area contributed by atoms with Gasteiger partial charge in [-0.1, -0.05) is 12.1 Å². The Morgan fingerprint density at radius 1 is 1.32 bits per heavy atom. The SMILES string of the molecule is CCOCCN1CCN(Cc2nc3ccccc3o2)C[C@H]1C.